The van der Waals surface area contributed by atoms with Gasteiger partial charge in [-0.15, -0.1) is 0 Å². The highest BCUT2D eigenvalue weighted by Gasteiger charge is 2.12. The Kier molecular flexibility index (Phi) is 4.57. The minimum atomic E-state index is -0.407. The molecule has 1 amide bonds. The maximum atomic E-state index is 12.3. The van der Waals surface area contributed by atoms with Gasteiger partial charge in [-0.25, -0.2) is 14.8 Å². The number of guanidine groups is 1. The Balaban J connectivity index is 1.57. The van der Waals surface area contributed by atoms with E-state index in [0.29, 0.717) is 28.5 Å². The van der Waals surface area contributed by atoms with E-state index in [1.807, 2.05) is 37.3 Å². The van der Waals surface area contributed by atoms with Crippen molar-refractivity contribution >= 4 is 22.8 Å². The van der Waals surface area contributed by atoms with Gasteiger partial charge in [0.25, 0.3) is 5.96 Å². The Hall–Kier alpha value is -3.61. The summed E-state index contributed by atoms with van der Waals surface area (Å²) in [6.45, 7) is 1.84. The van der Waals surface area contributed by atoms with E-state index < -0.39 is 5.63 Å². The number of hydrogen-bond donors (Lipinski definition) is 0. The average Bonchev–Trinajstić information content (AvgIpc) is 3.07. The van der Waals surface area contributed by atoms with Gasteiger partial charge in [-0.1, -0.05) is 12.1 Å². The van der Waals surface area contributed by atoms with Crippen LogP contribution in [-0.4, -0.2) is 19.0 Å². The molecule has 2 heterocycles. The van der Waals surface area contributed by atoms with Gasteiger partial charge >= 0.3 is 5.63 Å². The first kappa shape index (κ1) is 17.8. The maximum Gasteiger partial charge on any atom is 0.336 e. The van der Waals surface area contributed by atoms with Crippen LogP contribution in [0.2, 0.25) is 0 Å². The molecule has 3 aromatic rings. The van der Waals surface area contributed by atoms with Crippen LogP contribution in [0.1, 0.15) is 17.5 Å². The molecule has 0 saturated carbocycles. The van der Waals surface area contributed by atoms with E-state index in [1.165, 1.54) is 13.2 Å². The molecule has 140 valence electrons. The van der Waals surface area contributed by atoms with Gasteiger partial charge in [-0.2, -0.15) is 4.99 Å². The standard InChI is InChI=1S/C21H17N3O4/c1-12-9-20(26)28-18-11-17(27-2)13(10-14(12)18)7-8-19(25)24-21-22-15-5-3-4-6-16(15)23-21/h3-6,9-11H,7-8H2,1-2H3. The van der Waals surface area contributed by atoms with Crippen LogP contribution in [0, 0.1) is 6.92 Å². The minimum Gasteiger partial charge on any atom is -0.496 e. The number of amides is 1. The lowest BCUT2D eigenvalue weighted by molar-refractivity contribution is -0.117. The van der Waals surface area contributed by atoms with E-state index >= 15 is 0 Å². The molecule has 1 aromatic heterocycles. The fourth-order valence-corrected chi connectivity index (χ4v) is 3.13. The van der Waals surface area contributed by atoms with Gasteiger partial charge in [0.15, 0.2) is 0 Å². The van der Waals surface area contributed by atoms with Crippen molar-refractivity contribution in [2.75, 3.05) is 7.11 Å². The number of carbonyl (C=O) groups excluding carboxylic acids is 1. The number of ether oxygens (including phenoxy) is 1. The zero-order chi connectivity index (χ0) is 19.7. The highest BCUT2D eigenvalue weighted by atomic mass is 16.5. The second-order valence-electron chi connectivity index (χ2n) is 6.43. The molecule has 2 aromatic carbocycles. The number of aryl methyl sites for hydroxylation is 2. The summed E-state index contributed by atoms with van der Waals surface area (Å²) >= 11 is 0. The van der Waals surface area contributed by atoms with Crippen molar-refractivity contribution < 1.29 is 13.9 Å². The van der Waals surface area contributed by atoms with Crippen molar-refractivity contribution in [3.05, 3.63) is 74.7 Å². The van der Waals surface area contributed by atoms with Crippen molar-refractivity contribution in [2.45, 2.75) is 19.8 Å². The highest BCUT2D eigenvalue weighted by Crippen LogP contribution is 2.28. The van der Waals surface area contributed by atoms with Gasteiger partial charge in [-0.3, -0.25) is 4.79 Å². The topological polar surface area (TPSA) is 93.6 Å². The zero-order valence-electron chi connectivity index (χ0n) is 15.4. The van der Waals surface area contributed by atoms with Crippen LogP contribution in [0.4, 0.5) is 0 Å². The molecule has 0 fully saturated rings. The largest absolute Gasteiger partial charge is 0.496 e. The molecular formula is C21H17N3O4. The van der Waals surface area contributed by atoms with E-state index in [9.17, 15) is 9.59 Å². The molecule has 28 heavy (non-hydrogen) atoms. The third-order valence-electron chi connectivity index (χ3n) is 4.51. The molecule has 0 bridgehead atoms. The zero-order valence-corrected chi connectivity index (χ0v) is 15.4. The Morgan fingerprint density at radius 1 is 1.14 bits per heavy atom. The van der Waals surface area contributed by atoms with E-state index in [-0.39, 0.29) is 18.3 Å². The number of carbonyl (C=O) groups is 1. The van der Waals surface area contributed by atoms with Crippen LogP contribution >= 0.6 is 0 Å². The van der Waals surface area contributed by atoms with Gasteiger partial charge in [0.05, 0.1) is 17.8 Å². The lowest BCUT2D eigenvalue weighted by Crippen LogP contribution is -2.19. The Morgan fingerprint density at radius 2 is 1.86 bits per heavy atom. The first-order valence-electron chi connectivity index (χ1n) is 8.79. The molecule has 0 aliphatic carbocycles. The number of fused-ring (bicyclic) bond motifs is 2. The number of methoxy groups -OCH3 is 1. The van der Waals surface area contributed by atoms with Crippen molar-refractivity contribution in [2.24, 2.45) is 15.0 Å². The molecule has 7 heteroatoms. The Labute approximate surface area is 159 Å². The molecule has 0 atom stereocenters. The van der Waals surface area contributed by atoms with Crippen molar-refractivity contribution in [1.82, 2.24) is 0 Å². The van der Waals surface area contributed by atoms with Crippen LogP contribution in [0.25, 0.3) is 11.0 Å². The van der Waals surface area contributed by atoms with Crippen molar-refractivity contribution in [3.63, 3.8) is 0 Å². The number of nitrogens with zero attached hydrogens (tertiary/aromatic N) is 3. The molecule has 1 aliphatic heterocycles. The molecule has 0 spiro atoms. The summed E-state index contributed by atoms with van der Waals surface area (Å²) in [4.78, 5) is 36.3. The normalized spacial score (nSPS) is 12.3. The van der Waals surface area contributed by atoms with E-state index in [1.54, 1.807) is 6.07 Å². The SMILES string of the molecule is COc1cc2oc(=O)cc(C)c2cc1CCC(=O)N=C1N=c2ccccc2=N1. The lowest BCUT2D eigenvalue weighted by atomic mass is 10.0. The number of rotatable bonds is 4. The lowest BCUT2D eigenvalue weighted by Gasteiger charge is -2.10. The summed E-state index contributed by atoms with van der Waals surface area (Å²) in [6.07, 6.45) is 0.614. The highest BCUT2D eigenvalue weighted by molar-refractivity contribution is 5.95. The van der Waals surface area contributed by atoms with E-state index in [4.69, 9.17) is 9.15 Å². The quantitative estimate of drug-likeness (QED) is 0.651. The molecule has 0 unspecified atom stereocenters. The molecule has 0 radical (unpaired) electrons. The van der Waals surface area contributed by atoms with Crippen LogP contribution in [0.3, 0.4) is 0 Å². The van der Waals surface area contributed by atoms with E-state index in [0.717, 1.165) is 16.5 Å². The summed E-state index contributed by atoms with van der Waals surface area (Å²) in [5, 5.41) is 2.23. The monoisotopic (exact) mass is 375 g/mol. The van der Waals surface area contributed by atoms with Crippen LogP contribution in [0.15, 0.2) is 66.7 Å². The summed E-state index contributed by atoms with van der Waals surface area (Å²) in [7, 11) is 1.54. The smallest absolute Gasteiger partial charge is 0.336 e. The predicted octanol–water partition coefficient (Wildman–Crippen LogP) is 1.88. The fraction of sp³-hybridized carbons (Fsp3) is 0.190. The van der Waals surface area contributed by atoms with Crippen LogP contribution < -0.4 is 21.1 Å². The molecule has 7 nitrogen and oxygen atoms in total. The first-order chi connectivity index (χ1) is 13.5. The second-order valence-corrected chi connectivity index (χ2v) is 6.43. The van der Waals surface area contributed by atoms with Gasteiger partial charge in [0.1, 0.15) is 11.3 Å². The molecule has 0 saturated heterocycles. The number of aliphatic imine (C=N–C) groups is 1. The Morgan fingerprint density at radius 3 is 2.54 bits per heavy atom. The van der Waals surface area contributed by atoms with Crippen molar-refractivity contribution in [3.8, 4) is 5.75 Å². The van der Waals surface area contributed by atoms with Crippen LogP contribution in [0.5, 0.6) is 5.75 Å². The van der Waals surface area contributed by atoms with Crippen molar-refractivity contribution in [1.29, 1.82) is 0 Å². The van der Waals surface area contributed by atoms with Gasteiger partial charge in [-0.05, 0) is 42.7 Å². The maximum absolute atomic E-state index is 12.3. The molecular weight excluding hydrogens is 358 g/mol. The predicted molar refractivity (Wildman–Crippen MR) is 103 cm³/mol. The third kappa shape index (κ3) is 3.46. The molecule has 0 N–H and O–H groups in total. The molecule has 4 rings (SSSR count). The second kappa shape index (κ2) is 7.19. The minimum absolute atomic E-state index is 0.175. The number of hydrogen-bond acceptors (Lipinski definition) is 4. The number of benzene rings is 2. The summed E-state index contributed by atoms with van der Waals surface area (Å²) in [5.41, 5.74) is 1.70. The van der Waals surface area contributed by atoms with Gasteiger partial charge < -0.3 is 9.15 Å². The summed E-state index contributed by atoms with van der Waals surface area (Å²) in [5.74, 6) is 0.424. The number of para-hydroxylation sites is 2. The van der Waals surface area contributed by atoms with Crippen LogP contribution in [-0.2, 0) is 11.2 Å². The van der Waals surface area contributed by atoms with Gasteiger partial charge in [0, 0.05) is 23.9 Å². The van der Waals surface area contributed by atoms with E-state index in [2.05, 4.69) is 15.0 Å². The summed E-state index contributed by atoms with van der Waals surface area (Å²) in [6, 6.07) is 12.4. The average molecular weight is 375 g/mol. The fourth-order valence-electron chi connectivity index (χ4n) is 3.13. The molecule has 1 aliphatic rings. The summed E-state index contributed by atoms with van der Waals surface area (Å²) < 4.78 is 10.6. The van der Waals surface area contributed by atoms with Gasteiger partial charge in [0.2, 0.25) is 5.91 Å². The Bertz CT molecular complexity index is 1270. The third-order valence-corrected chi connectivity index (χ3v) is 4.51. The first-order valence-corrected chi connectivity index (χ1v) is 8.79.